The molecule has 0 saturated heterocycles. The molecule has 0 radical (unpaired) electrons. The van der Waals surface area contributed by atoms with Gasteiger partial charge in [0.1, 0.15) is 6.10 Å². The van der Waals surface area contributed by atoms with Crippen molar-refractivity contribution in [1.29, 1.82) is 0 Å². The second-order valence-electron chi connectivity index (χ2n) is 9.31. The highest BCUT2D eigenvalue weighted by molar-refractivity contribution is 5.95. The Kier molecular flexibility index (Phi) is 11.1. The Labute approximate surface area is 187 Å². The van der Waals surface area contributed by atoms with Gasteiger partial charge in [0.25, 0.3) is 0 Å². The summed E-state index contributed by atoms with van der Waals surface area (Å²) in [5, 5.41) is 9.78. The van der Waals surface area contributed by atoms with Gasteiger partial charge < -0.3 is 14.6 Å². The van der Waals surface area contributed by atoms with Gasteiger partial charge in [-0.3, -0.25) is 4.79 Å². The third-order valence-corrected chi connectivity index (χ3v) is 5.75. The molecule has 0 aromatic rings. The summed E-state index contributed by atoms with van der Waals surface area (Å²) in [5.74, 6) is -0.776. The molecule has 0 fully saturated rings. The van der Waals surface area contributed by atoms with Crippen LogP contribution in [0.1, 0.15) is 67.2 Å². The van der Waals surface area contributed by atoms with Crippen molar-refractivity contribution in [2.75, 3.05) is 13.7 Å². The van der Waals surface area contributed by atoms with E-state index in [1.807, 2.05) is 32.9 Å². The molecular formula is C26H40O5. The maximum absolute atomic E-state index is 12.8. The van der Waals surface area contributed by atoms with Crippen LogP contribution in [0.2, 0.25) is 0 Å². The fourth-order valence-corrected chi connectivity index (χ4v) is 3.63. The summed E-state index contributed by atoms with van der Waals surface area (Å²) in [6, 6.07) is 0. The quantitative estimate of drug-likeness (QED) is 0.344. The van der Waals surface area contributed by atoms with Gasteiger partial charge in [-0.15, -0.1) is 0 Å². The summed E-state index contributed by atoms with van der Waals surface area (Å²) in [5.41, 5.74) is 2.28. The lowest BCUT2D eigenvalue weighted by atomic mass is 9.80. The number of allylic oxidation sites excluding steroid dienone is 5. The van der Waals surface area contributed by atoms with Crippen LogP contribution in [0.3, 0.4) is 0 Å². The van der Waals surface area contributed by atoms with E-state index in [4.69, 9.17) is 9.47 Å². The molecule has 31 heavy (non-hydrogen) atoms. The second kappa shape index (κ2) is 12.8. The summed E-state index contributed by atoms with van der Waals surface area (Å²) < 4.78 is 11.4. The molecule has 0 heterocycles. The first-order chi connectivity index (χ1) is 14.5. The fraction of sp³-hybridized carbons (Fsp3) is 0.615. The number of ether oxygens (including phenoxy) is 2. The topological polar surface area (TPSA) is 72.8 Å². The number of carbonyl (C=O) groups is 2. The lowest BCUT2D eigenvalue weighted by Crippen LogP contribution is -2.35. The lowest BCUT2D eigenvalue weighted by molar-refractivity contribution is -0.145. The smallest absolute Gasteiger partial charge is 0.331 e. The Bertz CT molecular complexity index is 735. The van der Waals surface area contributed by atoms with E-state index in [1.165, 1.54) is 11.6 Å². The van der Waals surface area contributed by atoms with Gasteiger partial charge in [0.15, 0.2) is 5.78 Å². The number of Topliss-reactive ketones (excluding diaryl/α,β-unsaturated/α-hetero) is 1. The average molecular weight is 433 g/mol. The van der Waals surface area contributed by atoms with Gasteiger partial charge in [-0.1, -0.05) is 43.2 Å². The second-order valence-corrected chi connectivity index (χ2v) is 9.31. The third-order valence-electron chi connectivity index (χ3n) is 5.75. The number of aliphatic hydroxyl groups is 1. The average Bonchev–Trinajstić information content (AvgIpc) is 2.69. The summed E-state index contributed by atoms with van der Waals surface area (Å²) in [6.07, 6.45) is 11.1. The van der Waals surface area contributed by atoms with Crippen molar-refractivity contribution in [3.63, 3.8) is 0 Å². The fourth-order valence-electron chi connectivity index (χ4n) is 3.63. The number of carbonyl (C=O) groups excluding carboxylic acids is 2. The maximum atomic E-state index is 12.8. The normalized spacial score (nSPS) is 29.7. The van der Waals surface area contributed by atoms with Gasteiger partial charge in [0, 0.05) is 31.1 Å². The van der Waals surface area contributed by atoms with E-state index >= 15 is 0 Å². The molecule has 1 rings (SSSR count). The number of methoxy groups -OCH3 is 1. The molecule has 1 aliphatic carbocycles. The minimum absolute atomic E-state index is 0.128. The molecular weight excluding hydrogens is 392 g/mol. The van der Waals surface area contributed by atoms with Crippen molar-refractivity contribution in [1.82, 2.24) is 0 Å². The van der Waals surface area contributed by atoms with Crippen molar-refractivity contribution in [3.05, 3.63) is 47.1 Å². The molecule has 0 aromatic carbocycles. The molecule has 0 saturated carbocycles. The first-order valence-corrected chi connectivity index (χ1v) is 11.1. The number of rotatable bonds is 7. The Morgan fingerprint density at radius 2 is 1.94 bits per heavy atom. The molecule has 5 heteroatoms. The van der Waals surface area contributed by atoms with Gasteiger partial charge >= 0.3 is 5.97 Å². The van der Waals surface area contributed by atoms with E-state index in [2.05, 4.69) is 32.9 Å². The summed E-state index contributed by atoms with van der Waals surface area (Å²) in [6.45, 7) is 11.6. The highest BCUT2D eigenvalue weighted by atomic mass is 16.5. The number of hydrogen-bond acceptors (Lipinski definition) is 5. The Balaban J connectivity index is 3.35. The third kappa shape index (κ3) is 9.36. The number of aliphatic hydroxyl groups excluding tert-OH is 1. The zero-order chi connectivity index (χ0) is 23.6. The number of esters is 1. The van der Waals surface area contributed by atoms with Crippen LogP contribution >= 0.6 is 0 Å². The molecule has 1 N–H and O–H groups in total. The van der Waals surface area contributed by atoms with Gasteiger partial charge in [0.2, 0.25) is 0 Å². The number of ketones is 1. The predicted octanol–water partition coefficient (Wildman–Crippen LogP) is 5.11. The van der Waals surface area contributed by atoms with Crippen molar-refractivity contribution in [3.8, 4) is 0 Å². The van der Waals surface area contributed by atoms with E-state index in [0.717, 1.165) is 18.4 Å². The van der Waals surface area contributed by atoms with Gasteiger partial charge in [-0.05, 0) is 58.4 Å². The molecule has 1 aliphatic rings. The van der Waals surface area contributed by atoms with Crippen LogP contribution in [-0.2, 0) is 19.1 Å². The molecule has 0 amide bonds. The Morgan fingerprint density at radius 1 is 1.26 bits per heavy atom. The maximum Gasteiger partial charge on any atom is 0.331 e. The molecule has 0 spiro atoms. The first-order valence-electron chi connectivity index (χ1n) is 11.1. The highest BCUT2D eigenvalue weighted by Gasteiger charge is 2.31. The summed E-state index contributed by atoms with van der Waals surface area (Å²) >= 11 is 0. The van der Waals surface area contributed by atoms with Crippen LogP contribution in [0.5, 0.6) is 0 Å². The van der Waals surface area contributed by atoms with Crippen molar-refractivity contribution < 1.29 is 24.2 Å². The molecule has 4 unspecified atom stereocenters. The minimum atomic E-state index is -0.528. The monoisotopic (exact) mass is 432 g/mol. The molecule has 0 aliphatic heterocycles. The van der Waals surface area contributed by atoms with Crippen LogP contribution in [0, 0.1) is 11.3 Å². The van der Waals surface area contributed by atoms with E-state index in [9.17, 15) is 14.7 Å². The van der Waals surface area contributed by atoms with Gasteiger partial charge in [-0.25, -0.2) is 4.79 Å². The van der Waals surface area contributed by atoms with E-state index in [-0.39, 0.29) is 30.1 Å². The van der Waals surface area contributed by atoms with Gasteiger partial charge in [-0.2, -0.15) is 0 Å². The summed E-state index contributed by atoms with van der Waals surface area (Å²) in [7, 11) is 1.55. The van der Waals surface area contributed by atoms with Crippen molar-refractivity contribution in [2.45, 2.75) is 79.4 Å². The lowest BCUT2D eigenvalue weighted by Gasteiger charge is -2.29. The Morgan fingerprint density at radius 3 is 2.48 bits per heavy atom. The number of hydrogen-bond donors (Lipinski definition) is 1. The highest BCUT2D eigenvalue weighted by Crippen LogP contribution is 2.33. The van der Waals surface area contributed by atoms with E-state index in [1.54, 1.807) is 7.11 Å². The zero-order valence-corrected chi connectivity index (χ0v) is 20.2. The largest absolute Gasteiger partial charge is 0.455 e. The van der Waals surface area contributed by atoms with Crippen LogP contribution < -0.4 is 0 Å². The molecule has 4 atom stereocenters. The minimum Gasteiger partial charge on any atom is -0.455 e. The van der Waals surface area contributed by atoms with E-state index in [0.29, 0.717) is 12.0 Å². The van der Waals surface area contributed by atoms with Gasteiger partial charge in [0.05, 0.1) is 12.7 Å². The predicted molar refractivity (Wildman–Crippen MR) is 125 cm³/mol. The molecule has 0 aromatic heterocycles. The first kappa shape index (κ1) is 27.1. The van der Waals surface area contributed by atoms with E-state index < -0.39 is 18.2 Å². The van der Waals surface area contributed by atoms with Crippen molar-refractivity contribution in [2.24, 2.45) is 11.3 Å². The molecule has 5 nitrogen and oxygen atoms in total. The zero-order valence-electron chi connectivity index (χ0n) is 20.2. The van der Waals surface area contributed by atoms with Crippen LogP contribution in [0.15, 0.2) is 47.1 Å². The Hall–Kier alpha value is -1.98. The molecule has 0 bridgehead atoms. The standard InChI is InChI=1S/C26H40O5/c1-18(2)9-8-12-26(6)13-10-21(17-27)22(28)16-24(30-7)20(5)23(11-14-26)31-25(29)15-19(3)4/h9-11,14-15,20,23-24,27H,8,12-13,16-17H2,1-7H3/b14-11-,21-10-. The summed E-state index contributed by atoms with van der Waals surface area (Å²) in [4.78, 5) is 25.2. The van der Waals surface area contributed by atoms with Crippen LogP contribution in [-0.4, -0.2) is 42.8 Å². The van der Waals surface area contributed by atoms with Crippen LogP contribution in [0.25, 0.3) is 0 Å². The van der Waals surface area contributed by atoms with Crippen molar-refractivity contribution >= 4 is 11.8 Å². The van der Waals surface area contributed by atoms with Crippen LogP contribution in [0.4, 0.5) is 0 Å². The molecule has 174 valence electrons. The SMILES string of the molecule is COC1CC(=O)/C(CO)=C\CC(C)(CCC=C(C)C)/C=C\C(OC(=O)C=C(C)C)C1C.